The Morgan fingerprint density at radius 1 is 1.15 bits per heavy atom. The Balaban J connectivity index is 1.75. The molecule has 0 fully saturated rings. The van der Waals surface area contributed by atoms with E-state index >= 15 is 0 Å². The van der Waals surface area contributed by atoms with E-state index in [4.69, 9.17) is 4.74 Å². The Bertz CT molecular complexity index is 1350. The van der Waals surface area contributed by atoms with E-state index in [0.29, 0.717) is 30.4 Å². The van der Waals surface area contributed by atoms with E-state index in [0.717, 1.165) is 41.8 Å². The number of aliphatic imine (C=N–C) groups is 1. The number of ether oxygens (including phenoxy) is 1. The van der Waals surface area contributed by atoms with Crippen molar-refractivity contribution in [1.29, 1.82) is 0 Å². The minimum atomic E-state index is -10.0. The Morgan fingerprint density at radius 2 is 1.85 bits per heavy atom. The number of imidazole rings is 1. The van der Waals surface area contributed by atoms with E-state index in [1.165, 1.54) is 12.1 Å². The van der Waals surface area contributed by atoms with Gasteiger partial charge in [-0.1, -0.05) is 38.2 Å². The molecule has 2 heterocycles. The van der Waals surface area contributed by atoms with Crippen LogP contribution < -0.4 is 14.8 Å². The Morgan fingerprint density at radius 3 is 2.45 bits per heavy atom. The van der Waals surface area contributed by atoms with E-state index in [1.54, 1.807) is 13.4 Å². The molecule has 0 atom stereocenters. The highest BCUT2D eigenvalue weighted by Gasteiger charge is 2.67. The first-order chi connectivity index (χ1) is 18.4. The molecule has 7 nitrogen and oxygen atoms in total. The molecule has 0 amide bonds. The Labute approximate surface area is 231 Å². The van der Waals surface area contributed by atoms with E-state index in [1.807, 2.05) is 55.8 Å². The molecule has 0 unspecified atom stereocenters. The molecule has 0 aliphatic carbocycles. The zero-order chi connectivity index (χ0) is 29.7. The fourth-order valence-corrected chi connectivity index (χ4v) is 4.35. The molecule has 2 aromatic rings. The van der Waals surface area contributed by atoms with Gasteiger partial charge in [0.05, 0.1) is 19.1 Å². The van der Waals surface area contributed by atoms with Crippen LogP contribution in [-0.2, 0) is 11.3 Å². The second-order valence-corrected chi connectivity index (χ2v) is 11.8. The predicted molar refractivity (Wildman–Crippen MR) is 151 cm³/mol. The summed E-state index contributed by atoms with van der Waals surface area (Å²) in [7, 11) is -8.50. The number of hydrogen-bond acceptors (Lipinski definition) is 6. The lowest BCUT2D eigenvalue weighted by Crippen LogP contribution is -2.50. The van der Waals surface area contributed by atoms with Crippen LogP contribution in [0.5, 0.6) is 5.75 Å². The number of allylic oxidation sites excluding steroid dienone is 5. The van der Waals surface area contributed by atoms with Gasteiger partial charge in [0.1, 0.15) is 23.0 Å². The number of halogens is 5. The summed E-state index contributed by atoms with van der Waals surface area (Å²) in [6.45, 7) is 10.7. The van der Waals surface area contributed by atoms with Crippen LogP contribution >= 0.6 is 10.5 Å². The smallest absolute Gasteiger partial charge is 0.435 e. The summed E-state index contributed by atoms with van der Waals surface area (Å²) in [5.41, 5.74) is 2.30. The molecule has 0 saturated carbocycles. The number of benzene rings is 1. The molecule has 220 valence electrons. The van der Waals surface area contributed by atoms with Crippen molar-refractivity contribution in [3.05, 3.63) is 90.3 Å². The third kappa shape index (κ3) is 10.8. The second kappa shape index (κ2) is 11.0. The summed E-state index contributed by atoms with van der Waals surface area (Å²) in [4.78, 5) is 8.87. The molecule has 1 aliphatic heterocycles. The second-order valence-electron chi connectivity index (χ2n) is 9.81. The minimum Gasteiger partial charge on any atom is -0.497 e. The summed E-state index contributed by atoms with van der Waals surface area (Å²) in [5.74, 6) is 0.138. The molecule has 40 heavy (non-hydrogen) atoms. The monoisotopic (exact) mass is 587 g/mol. The van der Waals surface area contributed by atoms with Crippen molar-refractivity contribution in [2.24, 2.45) is 4.99 Å². The maximum Gasteiger partial charge on any atom is 0.435 e. The first-order valence-electron chi connectivity index (χ1n) is 12.4. The van der Waals surface area contributed by atoms with Gasteiger partial charge in [-0.05, 0) is 81.2 Å². The van der Waals surface area contributed by atoms with Crippen LogP contribution in [0.25, 0.3) is 0 Å². The Hall–Kier alpha value is -3.74. The molecule has 0 saturated heterocycles. The molecule has 1 aromatic carbocycles. The zero-order valence-electron chi connectivity index (χ0n) is 22.8. The summed E-state index contributed by atoms with van der Waals surface area (Å²) >= 11 is 0. The van der Waals surface area contributed by atoms with Crippen LogP contribution in [0.3, 0.4) is 0 Å². The van der Waals surface area contributed by atoms with Crippen LogP contribution in [-0.4, -0.2) is 34.7 Å². The molecular weight excluding hydrogens is 553 g/mol. The molecule has 0 bridgehead atoms. The summed E-state index contributed by atoms with van der Waals surface area (Å²) in [5, 5.41) is 6.48. The topological polar surface area (TPSA) is 72.7 Å². The van der Waals surface area contributed by atoms with Gasteiger partial charge in [-0.15, -0.1) is 0 Å². The fourth-order valence-electron chi connectivity index (χ4n) is 3.87. The molecular formula is C27H34F5N5O2S. The highest BCUT2D eigenvalue weighted by molar-refractivity contribution is 8.42. The average Bonchev–Trinajstić information content (AvgIpc) is 3.24. The lowest BCUT2D eigenvalue weighted by atomic mass is 10.0. The number of methoxy groups -OCH3 is 1. The van der Waals surface area contributed by atoms with Crippen molar-refractivity contribution >= 4 is 22.0 Å². The maximum atomic E-state index is 12.6. The van der Waals surface area contributed by atoms with Crippen LogP contribution in [0.15, 0.2) is 89.6 Å². The predicted octanol–water partition coefficient (Wildman–Crippen LogP) is 7.98. The van der Waals surface area contributed by atoms with E-state index < -0.39 is 21.9 Å². The van der Waals surface area contributed by atoms with Crippen molar-refractivity contribution < 1.29 is 28.3 Å². The van der Waals surface area contributed by atoms with Gasteiger partial charge in [-0.25, -0.2) is 4.98 Å². The SMILES string of the molecule is C=C(/C=C(\C=C/Cn1cnc(C)c1)/C=C1\CCCN=C1NC(C)(C)Nc1ccc(OS(F)(F)(F)(F)F)cc1)OC. The van der Waals surface area contributed by atoms with E-state index in [2.05, 4.69) is 31.4 Å². The van der Waals surface area contributed by atoms with E-state index in [9.17, 15) is 19.4 Å². The molecule has 1 aliphatic rings. The first kappa shape index (κ1) is 30.8. The number of nitrogens with zero attached hydrogens (tertiary/aromatic N) is 3. The van der Waals surface area contributed by atoms with Gasteiger partial charge in [0.15, 0.2) is 0 Å². The van der Waals surface area contributed by atoms with Crippen molar-refractivity contribution in [2.45, 2.75) is 45.8 Å². The summed E-state index contributed by atoms with van der Waals surface area (Å²) in [6.07, 6.45) is 13.1. The molecule has 3 rings (SSSR count). The van der Waals surface area contributed by atoms with Gasteiger partial charge < -0.3 is 24.1 Å². The average molecular weight is 588 g/mol. The highest BCUT2D eigenvalue weighted by atomic mass is 32.5. The van der Waals surface area contributed by atoms with Crippen LogP contribution in [0.4, 0.5) is 25.1 Å². The Kier molecular flexibility index (Phi) is 8.49. The first-order valence-corrected chi connectivity index (χ1v) is 14.2. The summed E-state index contributed by atoms with van der Waals surface area (Å²) in [6, 6.07) is 4.12. The highest BCUT2D eigenvalue weighted by Crippen LogP contribution is 2.97. The van der Waals surface area contributed by atoms with Crippen molar-refractivity contribution in [1.82, 2.24) is 14.9 Å². The zero-order valence-corrected chi connectivity index (χ0v) is 23.6. The number of aromatic nitrogens is 2. The third-order valence-corrected chi connectivity index (χ3v) is 6.00. The molecule has 2 N–H and O–H groups in total. The molecule has 0 radical (unpaired) electrons. The van der Waals surface area contributed by atoms with Crippen molar-refractivity contribution in [3.63, 3.8) is 0 Å². The molecule has 1 aromatic heterocycles. The van der Waals surface area contributed by atoms with Gasteiger partial charge in [0.25, 0.3) is 0 Å². The van der Waals surface area contributed by atoms with Crippen LogP contribution in [0, 0.1) is 6.92 Å². The van der Waals surface area contributed by atoms with Gasteiger partial charge in [-0.2, -0.15) is 0 Å². The fraction of sp³-hybridized carbons (Fsp3) is 0.333. The lowest BCUT2D eigenvalue weighted by molar-refractivity contribution is 0.243. The van der Waals surface area contributed by atoms with Gasteiger partial charge >= 0.3 is 10.5 Å². The molecule has 0 spiro atoms. The number of nitrogens with one attached hydrogen (secondary N) is 2. The number of hydrogen-bond donors (Lipinski definition) is 2. The van der Waals surface area contributed by atoms with Gasteiger partial charge in [0, 0.05) is 25.0 Å². The van der Waals surface area contributed by atoms with Gasteiger partial charge in [0.2, 0.25) is 0 Å². The number of amidine groups is 1. The number of anilines is 1. The largest absolute Gasteiger partial charge is 0.497 e. The normalized spacial score (nSPS) is 17.7. The quantitative estimate of drug-likeness (QED) is 0.121. The van der Waals surface area contributed by atoms with Crippen LogP contribution in [0.2, 0.25) is 0 Å². The summed E-state index contributed by atoms with van der Waals surface area (Å²) < 4.78 is 73.3. The standard InChI is InChI=1S/C27H34F5N5O2S/c1-20-18-37(19-34-20)15-7-8-22(16-21(2)38-5)17-23-9-6-14-33-26(23)36-27(3,4)35-24-10-12-25(13-11-24)39-40(28,29,30,31)32/h7-8,10-13,16-19,35H,2,6,9,14-15H2,1,3-5H3,(H,33,36)/b8-7-,22-16+,23-17+. The third-order valence-electron chi connectivity index (χ3n) is 5.49. The van der Waals surface area contributed by atoms with E-state index in [-0.39, 0.29) is 0 Å². The number of aryl methyl sites for hydroxylation is 1. The van der Waals surface area contributed by atoms with Crippen molar-refractivity contribution in [2.75, 3.05) is 19.0 Å². The van der Waals surface area contributed by atoms with Crippen LogP contribution in [0.1, 0.15) is 32.4 Å². The van der Waals surface area contributed by atoms with Crippen molar-refractivity contribution in [3.8, 4) is 5.75 Å². The minimum absolute atomic E-state index is 0.392. The number of rotatable bonds is 11. The lowest BCUT2D eigenvalue weighted by Gasteiger charge is -2.39. The maximum absolute atomic E-state index is 12.6. The van der Waals surface area contributed by atoms with Gasteiger partial charge in [-0.3, -0.25) is 4.99 Å². The molecule has 13 heteroatoms.